The van der Waals surface area contributed by atoms with E-state index in [4.69, 9.17) is 14.2 Å². The molecule has 1 aliphatic rings. The second-order valence-corrected chi connectivity index (χ2v) is 4.08. The van der Waals surface area contributed by atoms with E-state index < -0.39 is 0 Å². The fraction of sp³-hybridized carbons (Fsp3) is 0.462. The predicted molar refractivity (Wildman–Crippen MR) is 62.1 cm³/mol. The van der Waals surface area contributed by atoms with Crippen LogP contribution in [0.1, 0.15) is 18.4 Å². The van der Waals surface area contributed by atoms with Gasteiger partial charge in [0.2, 0.25) is 0 Å². The molecule has 1 saturated heterocycles. The van der Waals surface area contributed by atoms with Crippen LogP contribution in [0.25, 0.3) is 0 Å². The minimum absolute atomic E-state index is 0.231. The highest BCUT2D eigenvalue weighted by Gasteiger charge is 2.23. The number of carbonyl (C=O) groups excluding carboxylic acids is 1. The van der Waals surface area contributed by atoms with Crippen molar-refractivity contribution in [1.29, 1.82) is 0 Å². The van der Waals surface area contributed by atoms with E-state index in [-0.39, 0.29) is 18.0 Å². The van der Waals surface area contributed by atoms with Gasteiger partial charge in [0.15, 0.2) is 0 Å². The molecule has 1 fully saturated rings. The molecule has 0 N–H and O–H groups in total. The van der Waals surface area contributed by atoms with E-state index in [1.54, 1.807) is 0 Å². The average molecular weight is 236 g/mol. The minimum Gasteiger partial charge on any atom is -0.491 e. The molecular weight excluding hydrogens is 220 g/mol. The molecule has 0 aliphatic carbocycles. The maximum Gasteiger partial charge on any atom is 0.312 e. The summed E-state index contributed by atoms with van der Waals surface area (Å²) in [5.74, 6) is 0.312. The summed E-state index contributed by atoms with van der Waals surface area (Å²) in [5, 5.41) is 0. The summed E-state index contributed by atoms with van der Waals surface area (Å²) < 4.78 is 15.3. The Hall–Kier alpha value is -1.55. The Balaban J connectivity index is 1.93. The van der Waals surface area contributed by atoms with Crippen LogP contribution in [0, 0.1) is 0 Å². The Labute approximate surface area is 100 Å². The van der Waals surface area contributed by atoms with Gasteiger partial charge in [-0.05, 0) is 24.6 Å². The number of esters is 1. The zero-order valence-electron chi connectivity index (χ0n) is 10.0. The number of methoxy groups -OCH3 is 1. The normalized spacial score (nSPS) is 19.5. The van der Waals surface area contributed by atoms with Crippen LogP contribution < -0.4 is 4.74 Å². The summed E-state index contributed by atoms with van der Waals surface area (Å²) in [7, 11) is 1.39. The summed E-state index contributed by atoms with van der Waals surface area (Å²) in [4.78, 5) is 11.4. The highest BCUT2D eigenvalue weighted by atomic mass is 16.6. The molecule has 0 amide bonds. The van der Waals surface area contributed by atoms with E-state index in [1.807, 2.05) is 31.2 Å². The fourth-order valence-corrected chi connectivity index (χ4v) is 1.52. The largest absolute Gasteiger partial charge is 0.491 e. The molecular formula is C13H16O4. The van der Waals surface area contributed by atoms with Crippen molar-refractivity contribution in [2.45, 2.75) is 18.9 Å². The van der Waals surface area contributed by atoms with Crippen LogP contribution in [0.3, 0.4) is 0 Å². The highest BCUT2D eigenvalue weighted by Crippen LogP contribution is 2.21. The first-order valence-corrected chi connectivity index (χ1v) is 5.63. The summed E-state index contributed by atoms with van der Waals surface area (Å²) in [6.45, 7) is 3.20. The van der Waals surface area contributed by atoms with Gasteiger partial charge in [-0.2, -0.15) is 0 Å². The van der Waals surface area contributed by atoms with Crippen LogP contribution in [0.4, 0.5) is 0 Å². The molecule has 1 heterocycles. The maximum atomic E-state index is 11.4. The molecule has 0 unspecified atom stereocenters. The lowest BCUT2D eigenvalue weighted by Crippen LogP contribution is -2.10. The van der Waals surface area contributed by atoms with Crippen molar-refractivity contribution in [3.05, 3.63) is 29.8 Å². The second kappa shape index (κ2) is 5.19. The zero-order valence-corrected chi connectivity index (χ0v) is 10.0. The Morgan fingerprint density at radius 2 is 2.12 bits per heavy atom. The molecule has 0 spiro atoms. The molecule has 17 heavy (non-hydrogen) atoms. The van der Waals surface area contributed by atoms with Gasteiger partial charge < -0.3 is 14.2 Å². The molecule has 1 aliphatic heterocycles. The number of rotatable bonds is 5. The molecule has 1 aromatic carbocycles. The van der Waals surface area contributed by atoms with Gasteiger partial charge in [0.1, 0.15) is 18.5 Å². The van der Waals surface area contributed by atoms with Crippen molar-refractivity contribution in [3.8, 4) is 5.75 Å². The SMILES string of the molecule is COC(=O)[C@@H](C)c1ccc(OC[C@@H]2CO2)cc1. The van der Waals surface area contributed by atoms with Crippen LogP contribution in [0.2, 0.25) is 0 Å². The van der Waals surface area contributed by atoms with Crippen molar-refractivity contribution in [3.63, 3.8) is 0 Å². The quantitative estimate of drug-likeness (QED) is 0.577. The summed E-state index contributed by atoms with van der Waals surface area (Å²) in [5.41, 5.74) is 0.923. The molecule has 0 bridgehead atoms. The number of epoxide rings is 1. The van der Waals surface area contributed by atoms with Crippen LogP contribution in [-0.2, 0) is 14.3 Å². The Morgan fingerprint density at radius 3 is 2.65 bits per heavy atom. The van der Waals surface area contributed by atoms with E-state index in [9.17, 15) is 4.79 Å². The Kier molecular flexibility index (Phi) is 3.64. The van der Waals surface area contributed by atoms with Gasteiger partial charge in [0, 0.05) is 0 Å². The van der Waals surface area contributed by atoms with Crippen molar-refractivity contribution < 1.29 is 19.0 Å². The van der Waals surface area contributed by atoms with E-state index in [0.717, 1.165) is 17.9 Å². The number of carbonyl (C=O) groups is 1. The molecule has 0 saturated carbocycles. The maximum absolute atomic E-state index is 11.4. The number of hydrogen-bond donors (Lipinski definition) is 0. The van der Waals surface area contributed by atoms with Crippen molar-refractivity contribution in [1.82, 2.24) is 0 Å². The lowest BCUT2D eigenvalue weighted by molar-refractivity contribution is -0.141. The fourth-order valence-electron chi connectivity index (χ4n) is 1.52. The van der Waals surface area contributed by atoms with Gasteiger partial charge >= 0.3 is 5.97 Å². The van der Waals surface area contributed by atoms with Crippen LogP contribution in [0.15, 0.2) is 24.3 Å². The van der Waals surface area contributed by atoms with Gasteiger partial charge in [-0.25, -0.2) is 0 Å². The third kappa shape index (κ3) is 3.20. The number of hydrogen-bond acceptors (Lipinski definition) is 4. The van der Waals surface area contributed by atoms with Crippen molar-refractivity contribution >= 4 is 5.97 Å². The molecule has 0 radical (unpaired) electrons. The molecule has 0 aromatic heterocycles. The molecule has 2 rings (SSSR count). The van der Waals surface area contributed by atoms with Gasteiger partial charge in [0.25, 0.3) is 0 Å². The smallest absolute Gasteiger partial charge is 0.312 e. The van der Waals surface area contributed by atoms with E-state index in [0.29, 0.717) is 6.61 Å². The Bertz CT molecular complexity index is 381. The molecule has 4 nitrogen and oxygen atoms in total. The third-order valence-corrected chi connectivity index (χ3v) is 2.77. The minimum atomic E-state index is -0.249. The van der Waals surface area contributed by atoms with Crippen molar-refractivity contribution in [2.75, 3.05) is 20.3 Å². The van der Waals surface area contributed by atoms with Crippen LogP contribution in [-0.4, -0.2) is 32.4 Å². The molecule has 4 heteroatoms. The lowest BCUT2D eigenvalue weighted by Gasteiger charge is -2.10. The van der Waals surface area contributed by atoms with E-state index in [1.165, 1.54) is 7.11 Å². The molecule has 2 atom stereocenters. The van der Waals surface area contributed by atoms with Gasteiger partial charge in [-0.1, -0.05) is 12.1 Å². The summed E-state index contributed by atoms with van der Waals surface area (Å²) in [6, 6.07) is 7.48. The lowest BCUT2D eigenvalue weighted by atomic mass is 10.0. The first-order valence-electron chi connectivity index (χ1n) is 5.63. The van der Waals surface area contributed by atoms with Crippen LogP contribution >= 0.6 is 0 Å². The van der Waals surface area contributed by atoms with Gasteiger partial charge in [0.05, 0.1) is 19.6 Å². The summed E-state index contributed by atoms with van der Waals surface area (Å²) >= 11 is 0. The van der Waals surface area contributed by atoms with E-state index in [2.05, 4.69) is 0 Å². The zero-order chi connectivity index (χ0) is 12.3. The summed E-state index contributed by atoms with van der Waals surface area (Å²) in [6.07, 6.45) is 0.253. The van der Waals surface area contributed by atoms with E-state index >= 15 is 0 Å². The van der Waals surface area contributed by atoms with Gasteiger partial charge in [-0.3, -0.25) is 4.79 Å². The number of ether oxygens (including phenoxy) is 3. The number of benzene rings is 1. The first kappa shape index (κ1) is 11.9. The monoisotopic (exact) mass is 236 g/mol. The Morgan fingerprint density at radius 1 is 1.47 bits per heavy atom. The molecule has 92 valence electrons. The third-order valence-electron chi connectivity index (χ3n) is 2.77. The van der Waals surface area contributed by atoms with Crippen LogP contribution in [0.5, 0.6) is 5.75 Å². The average Bonchev–Trinajstić information content (AvgIpc) is 3.19. The predicted octanol–water partition coefficient (Wildman–Crippen LogP) is 1.74. The first-order chi connectivity index (χ1) is 8.20. The van der Waals surface area contributed by atoms with Crippen molar-refractivity contribution in [2.24, 2.45) is 0 Å². The standard InChI is InChI=1S/C13H16O4/c1-9(13(14)15-2)10-3-5-11(6-4-10)16-7-12-8-17-12/h3-6,9,12H,7-8H2,1-2H3/t9-,12+/m0/s1. The molecule has 1 aromatic rings. The second-order valence-electron chi connectivity index (χ2n) is 4.08. The highest BCUT2D eigenvalue weighted by molar-refractivity contribution is 5.77. The van der Waals surface area contributed by atoms with Gasteiger partial charge in [-0.15, -0.1) is 0 Å². The topological polar surface area (TPSA) is 48.1 Å².